The Balaban J connectivity index is 1.23. The van der Waals surface area contributed by atoms with E-state index in [0.717, 1.165) is 32.1 Å². The van der Waals surface area contributed by atoms with Crippen molar-refractivity contribution < 1.29 is 33.8 Å². The van der Waals surface area contributed by atoms with Crippen LogP contribution in [0, 0.1) is 23.7 Å². The molecular weight excluding hydrogens is 612 g/mol. The van der Waals surface area contributed by atoms with E-state index >= 15 is 0 Å². The minimum atomic E-state index is -1.41. The van der Waals surface area contributed by atoms with Gasteiger partial charge in [-0.2, -0.15) is 0 Å². The number of carboxylic acid groups (broad SMARTS) is 1. The number of aliphatic carboxylic acids is 1. The van der Waals surface area contributed by atoms with E-state index in [0.29, 0.717) is 39.0 Å². The number of carbonyl (C=O) groups excluding carboxylic acids is 4. The van der Waals surface area contributed by atoms with E-state index in [9.17, 15) is 29.1 Å². The molecule has 6 rings (SSSR count). The smallest absolute Gasteiger partial charge is 0.330 e. The van der Waals surface area contributed by atoms with Crippen molar-refractivity contribution in [1.29, 1.82) is 0 Å². The van der Waals surface area contributed by atoms with Crippen LogP contribution in [0.3, 0.4) is 0 Å². The van der Waals surface area contributed by atoms with Crippen LogP contribution in [0.1, 0.15) is 83.6 Å². The molecule has 0 spiro atoms. The minimum absolute atomic E-state index is 0.0598. The van der Waals surface area contributed by atoms with E-state index in [-0.39, 0.29) is 48.6 Å². The van der Waals surface area contributed by atoms with Gasteiger partial charge in [-0.3, -0.25) is 14.4 Å². The Kier molecular flexibility index (Phi) is 9.60. The summed E-state index contributed by atoms with van der Waals surface area (Å²) < 4.78 is 5.59. The second kappa shape index (κ2) is 13.6. The molecule has 1 aliphatic carbocycles. The van der Waals surface area contributed by atoms with Crippen LogP contribution in [0.15, 0.2) is 42.5 Å². The zero-order valence-electron chi connectivity index (χ0n) is 28.4. The van der Waals surface area contributed by atoms with Gasteiger partial charge < -0.3 is 29.9 Å². The minimum Gasteiger partial charge on any atom is -0.479 e. The van der Waals surface area contributed by atoms with Crippen molar-refractivity contribution in [3.63, 3.8) is 0 Å². The number of carboxylic acids is 1. The number of nitrogens with one attached hydrogen (secondary N) is 1. The van der Waals surface area contributed by atoms with Crippen molar-refractivity contribution >= 4 is 29.8 Å². The summed E-state index contributed by atoms with van der Waals surface area (Å²) in [5, 5.41) is 13.1. The lowest BCUT2D eigenvalue weighted by Crippen LogP contribution is -2.56. The largest absolute Gasteiger partial charge is 0.479 e. The van der Waals surface area contributed by atoms with Gasteiger partial charge in [-0.1, -0.05) is 55.3 Å². The summed E-state index contributed by atoms with van der Waals surface area (Å²) in [5.41, 5.74) is -0.890. The highest BCUT2D eigenvalue weighted by Crippen LogP contribution is 2.46. The molecule has 4 fully saturated rings. The first-order chi connectivity index (χ1) is 22.9. The summed E-state index contributed by atoms with van der Waals surface area (Å²) in [4.78, 5) is 73.1. The monoisotopic (exact) mass is 662 g/mol. The van der Waals surface area contributed by atoms with Crippen molar-refractivity contribution in [2.75, 3.05) is 32.7 Å². The first-order valence-corrected chi connectivity index (χ1v) is 17.7. The van der Waals surface area contributed by atoms with Crippen LogP contribution < -0.4 is 5.32 Å². The highest BCUT2D eigenvalue weighted by atomic mass is 16.6. The molecule has 1 saturated carbocycles. The molecule has 5 aliphatic rings. The van der Waals surface area contributed by atoms with Crippen molar-refractivity contribution in [2.24, 2.45) is 23.7 Å². The number of carbonyl (C=O) groups is 5. The van der Waals surface area contributed by atoms with Crippen molar-refractivity contribution in [3.8, 4) is 0 Å². The van der Waals surface area contributed by atoms with Gasteiger partial charge in [0.15, 0.2) is 0 Å². The predicted octanol–water partition coefficient (Wildman–Crippen LogP) is 4.18. The third-order valence-electron chi connectivity index (χ3n) is 10.9. The van der Waals surface area contributed by atoms with E-state index in [2.05, 4.69) is 17.4 Å². The molecule has 1 aromatic rings. The molecule has 0 radical (unpaired) electrons. The molecule has 1 aromatic carbocycles. The van der Waals surface area contributed by atoms with Gasteiger partial charge in [-0.15, -0.1) is 0 Å². The number of esters is 1. The number of hydrogen-bond acceptors (Lipinski definition) is 6. The van der Waals surface area contributed by atoms with Gasteiger partial charge in [-0.05, 0) is 58.4 Å². The average Bonchev–Trinajstić information content (AvgIpc) is 3.37. The summed E-state index contributed by atoms with van der Waals surface area (Å²) in [7, 11) is 0. The number of nitrogens with zero attached hydrogens (tertiary/aromatic N) is 3. The van der Waals surface area contributed by atoms with E-state index < -0.39 is 40.9 Å². The number of fused-ring (bicyclic) bond motifs is 4. The molecule has 11 heteroatoms. The van der Waals surface area contributed by atoms with Crippen LogP contribution in [0.2, 0.25) is 0 Å². The standard InChI is InChI=1S/C37H50N4O7/c1-36(2,3)48-30(42)18-25-14-8-5-4-6-11-15-28-19-37(28,34(45)46)38-32(43)31-29-23-40(21-27(29)22-41(31)33(25)44)35(47)39-17-16-26(20-39)24-12-9-7-10-13-24/h7,9-13,15,25-29,31H,4-6,8,14,16-23H2,1-3H3,(H,38,43)(H,45,46)/b15-11-/t25-,26+,27-,28+,29-,31-,37+/m0/s1. The molecule has 4 amide bonds. The number of allylic oxidation sites excluding steroid dienone is 1. The van der Waals surface area contributed by atoms with Gasteiger partial charge in [0.1, 0.15) is 17.2 Å². The third-order valence-corrected chi connectivity index (χ3v) is 10.9. The maximum atomic E-state index is 14.4. The lowest BCUT2D eigenvalue weighted by atomic mass is 9.92. The maximum absolute atomic E-state index is 14.4. The molecule has 7 atom stereocenters. The van der Waals surface area contributed by atoms with E-state index in [1.165, 1.54) is 5.56 Å². The van der Waals surface area contributed by atoms with Crippen molar-refractivity contribution in [3.05, 3.63) is 48.0 Å². The fourth-order valence-electron chi connectivity index (χ4n) is 8.37. The number of hydrogen-bond donors (Lipinski definition) is 2. The fraction of sp³-hybridized carbons (Fsp3) is 0.649. The fourth-order valence-corrected chi connectivity index (χ4v) is 8.37. The van der Waals surface area contributed by atoms with Gasteiger partial charge in [-0.25, -0.2) is 9.59 Å². The number of ether oxygens (including phenoxy) is 1. The Morgan fingerprint density at radius 2 is 1.75 bits per heavy atom. The van der Waals surface area contributed by atoms with Gasteiger partial charge in [0.2, 0.25) is 11.8 Å². The molecule has 2 N–H and O–H groups in total. The van der Waals surface area contributed by atoms with E-state index in [4.69, 9.17) is 4.74 Å². The second-order valence-corrected chi connectivity index (χ2v) is 15.5. The number of amides is 4. The summed E-state index contributed by atoms with van der Waals surface area (Å²) in [6, 6.07) is 9.20. The molecule has 48 heavy (non-hydrogen) atoms. The van der Waals surface area contributed by atoms with Crippen LogP contribution in [0.4, 0.5) is 4.79 Å². The van der Waals surface area contributed by atoms with Crippen LogP contribution >= 0.6 is 0 Å². The van der Waals surface area contributed by atoms with Gasteiger partial charge >= 0.3 is 18.0 Å². The topological polar surface area (TPSA) is 137 Å². The highest BCUT2D eigenvalue weighted by molar-refractivity contribution is 5.96. The normalized spacial score (nSPS) is 33.1. The quantitative estimate of drug-likeness (QED) is 0.365. The third kappa shape index (κ3) is 7.10. The van der Waals surface area contributed by atoms with Gasteiger partial charge in [0, 0.05) is 62.3 Å². The molecule has 0 aromatic heterocycles. The number of rotatable bonds is 4. The highest BCUT2D eigenvalue weighted by Gasteiger charge is 2.62. The lowest BCUT2D eigenvalue weighted by molar-refractivity contribution is -0.159. The average molecular weight is 663 g/mol. The molecule has 11 nitrogen and oxygen atoms in total. The zero-order valence-corrected chi connectivity index (χ0v) is 28.4. The first kappa shape index (κ1) is 34.0. The van der Waals surface area contributed by atoms with Crippen molar-refractivity contribution in [2.45, 2.75) is 95.2 Å². The van der Waals surface area contributed by atoms with Gasteiger partial charge in [0.25, 0.3) is 0 Å². The van der Waals surface area contributed by atoms with E-state index in [1.807, 2.05) is 35.3 Å². The molecular formula is C37H50N4O7. The SMILES string of the molecule is CC(C)(C)OC(=O)C[C@@H]1CCCCC/C=C\[C@@H]2C[C@@]2(C(=O)O)NC(=O)[C@@H]2[C@H]3CN(C(=O)N4CC[C@@H](c5ccccc5)C4)C[C@H]3CN2C1=O. The summed E-state index contributed by atoms with van der Waals surface area (Å²) in [6.45, 7) is 7.64. The molecule has 260 valence electrons. The Bertz CT molecular complexity index is 1440. The summed E-state index contributed by atoms with van der Waals surface area (Å²) in [6.07, 6.45) is 8.74. The summed E-state index contributed by atoms with van der Waals surface area (Å²) in [5.74, 6) is -3.51. The number of urea groups is 1. The Hall–Kier alpha value is -3.89. The van der Waals surface area contributed by atoms with Crippen LogP contribution in [-0.4, -0.2) is 99.5 Å². The first-order valence-electron chi connectivity index (χ1n) is 17.7. The van der Waals surface area contributed by atoms with Crippen LogP contribution in [-0.2, 0) is 23.9 Å². The van der Waals surface area contributed by atoms with Crippen molar-refractivity contribution in [1.82, 2.24) is 20.0 Å². The molecule has 0 unspecified atom stereocenters. The predicted molar refractivity (Wildman–Crippen MR) is 178 cm³/mol. The second-order valence-electron chi connectivity index (χ2n) is 15.5. The summed E-state index contributed by atoms with van der Waals surface area (Å²) >= 11 is 0. The van der Waals surface area contributed by atoms with Crippen LogP contribution in [0.5, 0.6) is 0 Å². The molecule has 4 aliphatic heterocycles. The lowest BCUT2D eigenvalue weighted by Gasteiger charge is -2.33. The Morgan fingerprint density at radius 1 is 0.979 bits per heavy atom. The Morgan fingerprint density at radius 3 is 2.48 bits per heavy atom. The molecule has 3 saturated heterocycles. The zero-order chi connectivity index (χ0) is 34.2. The molecule has 4 heterocycles. The molecule has 0 bridgehead atoms. The van der Waals surface area contributed by atoms with Crippen LogP contribution in [0.25, 0.3) is 0 Å². The van der Waals surface area contributed by atoms with E-state index in [1.54, 1.807) is 30.6 Å². The number of likely N-dealkylation sites (tertiary alicyclic amines) is 2. The van der Waals surface area contributed by atoms with Gasteiger partial charge in [0.05, 0.1) is 6.42 Å². The Labute approximate surface area is 283 Å². The number of benzene rings is 1. The maximum Gasteiger partial charge on any atom is 0.330 e.